The summed E-state index contributed by atoms with van der Waals surface area (Å²) < 4.78 is 29.6. The zero-order valence-electron chi connectivity index (χ0n) is 8.29. The molecule has 0 atom stereocenters. The number of hydrogen-bond acceptors (Lipinski definition) is 3. The van der Waals surface area contributed by atoms with E-state index in [1.807, 2.05) is 0 Å². The Kier molecular flexibility index (Phi) is 3.60. The van der Waals surface area contributed by atoms with Crippen LogP contribution < -0.4 is 10.2 Å². The van der Waals surface area contributed by atoms with E-state index in [4.69, 9.17) is 5.11 Å². The highest BCUT2D eigenvalue weighted by Gasteiger charge is 2.19. The maximum absolute atomic E-state index is 12.5. The summed E-state index contributed by atoms with van der Waals surface area (Å²) in [6, 6.07) is 0.929. The van der Waals surface area contributed by atoms with Crippen LogP contribution in [-0.4, -0.2) is 23.2 Å². The molecule has 0 aliphatic heterocycles. The minimum absolute atomic E-state index is 0.0893. The third-order valence-electron chi connectivity index (χ3n) is 1.83. The van der Waals surface area contributed by atoms with Crippen molar-refractivity contribution in [3.05, 3.63) is 27.7 Å². The zero-order valence-corrected chi connectivity index (χ0v) is 8.29. The van der Waals surface area contributed by atoms with Gasteiger partial charge in [0.2, 0.25) is 5.43 Å². The molecule has 88 valence electrons. The summed E-state index contributed by atoms with van der Waals surface area (Å²) in [4.78, 5) is 23.9. The average molecular weight is 233 g/mol. The van der Waals surface area contributed by atoms with Gasteiger partial charge in [0.25, 0.3) is 6.43 Å². The molecule has 0 fully saturated rings. The van der Waals surface area contributed by atoms with E-state index in [-0.39, 0.29) is 5.69 Å². The molecule has 0 radical (unpaired) electrons. The smallest absolute Gasteiger partial charge is 0.309 e. The van der Waals surface area contributed by atoms with E-state index in [0.29, 0.717) is 0 Å². The van der Waals surface area contributed by atoms with Gasteiger partial charge in [0, 0.05) is 11.8 Å². The van der Waals surface area contributed by atoms with Gasteiger partial charge < -0.3 is 14.8 Å². The van der Waals surface area contributed by atoms with Crippen LogP contribution in [0.1, 0.15) is 17.8 Å². The fraction of sp³-hybridized carbons (Fsp3) is 0.333. The molecule has 0 saturated heterocycles. The largest absolute Gasteiger partial charge is 0.491 e. The van der Waals surface area contributed by atoms with E-state index in [1.165, 1.54) is 0 Å². The van der Waals surface area contributed by atoms with Crippen molar-refractivity contribution >= 4 is 5.97 Å². The number of aliphatic carboxylic acids is 1. The second-order valence-electron chi connectivity index (χ2n) is 2.98. The molecule has 0 unspecified atom stereocenters. The summed E-state index contributed by atoms with van der Waals surface area (Å²) in [5, 5.41) is 8.47. The molecule has 0 bridgehead atoms. The molecule has 0 aliphatic carbocycles. The Morgan fingerprint density at radius 1 is 1.62 bits per heavy atom. The Morgan fingerprint density at radius 2 is 2.25 bits per heavy atom. The standard InChI is InChI=1S/C9H9F2NO4/c1-16-8-5(13)2-4(3-6(14)15)12-7(8)9(10)11/h2,9H,3H2,1H3,(H,12,13)(H,14,15). The zero-order chi connectivity index (χ0) is 12.3. The van der Waals surface area contributed by atoms with Crippen molar-refractivity contribution in [3.63, 3.8) is 0 Å². The number of pyridine rings is 1. The van der Waals surface area contributed by atoms with E-state index >= 15 is 0 Å². The van der Waals surface area contributed by atoms with Gasteiger partial charge in [-0.2, -0.15) is 0 Å². The van der Waals surface area contributed by atoms with E-state index in [1.54, 1.807) is 0 Å². The Balaban J connectivity index is 3.28. The molecule has 1 aromatic heterocycles. The maximum atomic E-state index is 12.5. The van der Waals surface area contributed by atoms with E-state index in [9.17, 15) is 18.4 Å². The molecule has 0 spiro atoms. The number of aromatic nitrogens is 1. The van der Waals surface area contributed by atoms with E-state index in [2.05, 4.69) is 9.72 Å². The fourth-order valence-electron chi connectivity index (χ4n) is 1.24. The van der Waals surface area contributed by atoms with Gasteiger partial charge in [0.1, 0.15) is 5.69 Å². The molecule has 16 heavy (non-hydrogen) atoms. The highest BCUT2D eigenvalue weighted by atomic mass is 19.3. The Morgan fingerprint density at radius 3 is 2.69 bits per heavy atom. The van der Waals surface area contributed by atoms with Crippen LogP contribution in [0.4, 0.5) is 8.78 Å². The highest BCUT2D eigenvalue weighted by molar-refractivity contribution is 5.69. The number of H-pyrrole nitrogens is 1. The number of ether oxygens (including phenoxy) is 1. The van der Waals surface area contributed by atoms with Crippen molar-refractivity contribution in [2.24, 2.45) is 0 Å². The predicted molar refractivity (Wildman–Crippen MR) is 49.9 cm³/mol. The van der Waals surface area contributed by atoms with Crippen molar-refractivity contribution in [1.82, 2.24) is 4.98 Å². The molecule has 7 heteroatoms. The number of carboxylic acid groups (broad SMARTS) is 1. The van der Waals surface area contributed by atoms with Crippen LogP contribution in [0.25, 0.3) is 0 Å². The Bertz CT molecular complexity index is 455. The minimum Gasteiger partial charge on any atom is -0.491 e. The van der Waals surface area contributed by atoms with Crippen molar-refractivity contribution in [2.75, 3.05) is 7.11 Å². The second kappa shape index (κ2) is 4.73. The number of methoxy groups -OCH3 is 1. The van der Waals surface area contributed by atoms with Gasteiger partial charge in [-0.3, -0.25) is 9.59 Å². The second-order valence-corrected chi connectivity index (χ2v) is 2.98. The van der Waals surface area contributed by atoms with Gasteiger partial charge in [-0.25, -0.2) is 8.78 Å². The number of carboxylic acids is 1. The molecule has 2 N–H and O–H groups in total. The predicted octanol–water partition coefficient (Wildman–Crippen LogP) is 0.948. The first-order valence-corrected chi connectivity index (χ1v) is 4.25. The van der Waals surface area contributed by atoms with Crippen LogP contribution in [0.2, 0.25) is 0 Å². The third-order valence-corrected chi connectivity index (χ3v) is 1.83. The van der Waals surface area contributed by atoms with Crippen LogP contribution in [0.15, 0.2) is 10.9 Å². The molecule has 0 aromatic carbocycles. The number of aromatic amines is 1. The molecule has 0 amide bonds. The summed E-state index contributed by atoms with van der Waals surface area (Å²) in [5.74, 6) is -1.72. The lowest BCUT2D eigenvalue weighted by atomic mass is 10.2. The lowest BCUT2D eigenvalue weighted by molar-refractivity contribution is -0.136. The van der Waals surface area contributed by atoms with Gasteiger partial charge in [-0.05, 0) is 0 Å². The highest BCUT2D eigenvalue weighted by Crippen LogP contribution is 2.23. The normalized spacial score (nSPS) is 10.5. The molecular formula is C9H9F2NO4. The topological polar surface area (TPSA) is 79.4 Å². The monoisotopic (exact) mass is 233 g/mol. The van der Waals surface area contributed by atoms with Gasteiger partial charge in [0.15, 0.2) is 5.75 Å². The van der Waals surface area contributed by atoms with E-state index in [0.717, 1.165) is 13.2 Å². The Hall–Kier alpha value is -1.92. The third kappa shape index (κ3) is 2.56. The molecular weight excluding hydrogens is 224 g/mol. The number of hydrogen-bond donors (Lipinski definition) is 2. The van der Waals surface area contributed by atoms with Gasteiger partial charge >= 0.3 is 5.97 Å². The summed E-state index contributed by atoms with van der Waals surface area (Å²) in [7, 11) is 1.09. The van der Waals surface area contributed by atoms with Gasteiger partial charge in [0.05, 0.1) is 13.5 Å². The lowest BCUT2D eigenvalue weighted by Crippen LogP contribution is -2.14. The molecule has 1 aromatic rings. The number of halogens is 2. The van der Waals surface area contributed by atoms with Crippen molar-refractivity contribution in [2.45, 2.75) is 12.8 Å². The maximum Gasteiger partial charge on any atom is 0.309 e. The first-order valence-electron chi connectivity index (χ1n) is 4.25. The van der Waals surface area contributed by atoms with Gasteiger partial charge in [-0.15, -0.1) is 0 Å². The molecule has 0 aliphatic rings. The lowest BCUT2D eigenvalue weighted by Gasteiger charge is -2.08. The van der Waals surface area contributed by atoms with Crippen LogP contribution in [-0.2, 0) is 11.2 Å². The van der Waals surface area contributed by atoms with Crippen LogP contribution in [0.3, 0.4) is 0 Å². The molecule has 5 nitrogen and oxygen atoms in total. The van der Waals surface area contributed by atoms with Crippen LogP contribution >= 0.6 is 0 Å². The SMILES string of the molecule is COc1c(C(F)F)[nH]c(CC(=O)O)cc1=O. The Labute approximate surface area is 88.7 Å². The fourth-order valence-corrected chi connectivity index (χ4v) is 1.24. The summed E-state index contributed by atoms with van der Waals surface area (Å²) in [6.07, 6.45) is -3.46. The van der Waals surface area contributed by atoms with E-state index < -0.39 is 35.7 Å². The summed E-state index contributed by atoms with van der Waals surface area (Å²) in [6.45, 7) is 0. The molecule has 0 saturated carbocycles. The number of nitrogens with one attached hydrogen (secondary N) is 1. The van der Waals surface area contributed by atoms with Crippen molar-refractivity contribution in [3.8, 4) is 5.75 Å². The first-order chi connectivity index (χ1) is 7.45. The first kappa shape index (κ1) is 12.2. The summed E-state index contributed by atoms with van der Waals surface area (Å²) in [5.41, 5.74) is -1.56. The van der Waals surface area contributed by atoms with Crippen LogP contribution in [0.5, 0.6) is 5.75 Å². The molecule has 1 heterocycles. The quantitative estimate of drug-likeness (QED) is 0.811. The van der Waals surface area contributed by atoms with Crippen molar-refractivity contribution in [1.29, 1.82) is 0 Å². The van der Waals surface area contributed by atoms with Gasteiger partial charge in [-0.1, -0.05) is 0 Å². The average Bonchev–Trinajstić information content (AvgIpc) is 2.15. The number of carbonyl (C=O) groups is 1. The van der Waals surface area contributed by atoms with Crippen LogP contribution in [0, 0.1) is 0 Å². The molecule has 1 rings (SSSR count). The summed E-state index contributed by atoms with van der Waals surface area (Å²) >= 11 is 0. The number of rotatable bonds is 4. The number of alkyl halides is 2. The van der Waals surface area contributed by atoms with Crippen molar-refractivity contribution < 1.29 is 23.4 Å². The minimum atomic E-state index is -2.93.